The quantitative estimate of drug-likeness (QED) is 0.209. The molecule has 0 unspecified atom stereocenters. The lowest BCUT2D eigenvalue weighted by atomic mass is 9.68. The summed E-state index contributed by atoms with van der Waals surface area (Å²) < 4.78 is 0. The molecule has 32 heavy (non-hydrogen) atoms. The molecule has 3 saturated carbocycles. The summed E-state index contributed by atoms with van der Waals surface area (Å²) in [5.74, 6) is 6.17. The maximum absolute atomic E-state index is 2.60. The van der Waals surface area contributed by atoms with Gasteiger partial charge in [0.05, 0.1) is 0 Å². The average Bonchev–Trinajstić information content (AvgIpc) is 2.84. The van der Waals surface area contributed by atoms with E-state index in [0.29, 0.717) is 0 Å². The third-order valence-corrected chi connectivity index (χ3v) is 9.68. The van der Waals surface area contributed by atoms with Crippen LogP contribution in [0.5, 0.6) is 0 Å². The summed E-state index contributed by atoms with van der Waals surface area (Å²) in [6, 6.07) is 0. The zero-order chi connectivity index (χ0) is 22.4. The van der Waals surface area contributed by atoms with Crippen molar-refractivity contribution in [2.24, 2.45) is 35.5 Å². The van der Waals surface area contributed by atoms with Gasteiger partial charge in [-0.2, -0.15) is 0 Å². The average molecular weight is 441 g/mol. The van der Waals surface area contributed by atoms with Gasteiger partial charge >= 0.3 is 0 Å². The van der Waals surface area contributed by atoms with Crippen molar-refractivity contribution in [3.63, 3.8) is 0 Å². The number of hydrogen-bond donors (Lipinski definition) is 0. The van der Waals surface area contributed by atoms with E-state index in [9.17, 15) is 0 Å². The Morgan fingerprint density at radius 2 is 1.06 bits per heavy atom. The molecule has 3 rings (SSSR count). The lowest BCUT2D eigenvalue weighted by Crippen LogP contribution is -2.25. The van der Waals surface area contributed by atoms with Gasteiger partial charge in [0, 0.05) is 0 Å². The Morgan fingerprint density at radius 1 is 0.562 bits per heavy atom. The zero-order valence-electron chi connectivity index (χ0n) is 21.9. The third-order valence-electron chi connectivity index (χ3n) is 9.68. The summed E-state index contributed by atoms with van der Waals surface area (Å²) in [4.78, 5) is 0. The van der Waals surface area contributed by atoms with Crippen LogP contribution in [-0.2, 0) is 0 Å². The van der Waals surface area contributed by atoms with Crippen LogP contribution in [0.3, 0.4) is 0 Å². The van der Waals surface area contributed by atoms with E-state index in [1.807, 2.05) is 0 Å². The van der Waals surface area contributed by atoms with Crippen molar-refractivity contribution < 1.29 is 0 Å². The molecule has 0 saturated heterocycles. The van der Waals surface area contributed by atoms with Crippen LogP contribution < -0.4 is 0 Å². The Bertz CT molecular complexity index is 504. The summed E-state index contributed by atoms with van der Waals surface area (Å²) in [7, 11) is 0. The van der Waals surface area contributed by atoms with Crippen molar-refractivity contribution >= 4 is 0 Å². The minimum atomic E-state index is 0.890. The van der Waals surface area contributed by atoms with Crippen molar-refractivity contribution in [2.45, 2.75) is 142 Å². The highest BCUT2D eigenvalue weighted by atomic mass is 14.4. The van der Waals surface area contributed by atoms with Gasteiger partial charge in [-0.3, -0.25) is 0 Å². The number of rotatable bonds is 12. The first-order valence-electron chi connectivity index (χ1n) is 15.1. The highest BCUT2D eigenvalue weighted by Crippen LogP contribution is 2.43. The highest BCUT2D eigenvalue weighted by molar-refractivity contribution is 4.92. The molecule has 0 N–H and O–H groups in total. The number of allylic oxidation sites excluding steroid dienone is 4. The van der Waals surface area contributed by atoms with Gasteiger partial charge in [-0.15, -0.1) is 0 Å². The number of hydrogen-bond acceptors (Lipinski definition) is 0. The molecule has 0 aromatic rings. The summed E-state index contributed by atoms with van der Waals surface area (Å²) in [5, 5.41) is 0. The fourth-order valence-electron chi connectivity index (χ4n) is 7.37. The van der Waals surface area contributed by atoms with Crippen molar-refractivity contribution in [2.75, 3.05) is 0 Å². The summed E-state index contributed by atoms with van der Waals surface area (Å²) in [6.07, 6.45) is 39.3. The van der Waals surface area contributed by atoms with Crippen LogP contribution in [0.1, 0.15) is 142 Å². The second-order valence-electron chi connectivity index (χ2n) is 12.0. The lowest BCUT2D eigenvalue weighted by Gasteiger charge is -2.38. The van der Waals surface area contributed by atoms with E-state index in [1.165, 1.54) is 89.9 Å². The van der Waals surface area contributed by atoms with Gasteiger partial charge in [-0.1, -0.05) is 82.6 Å². The molecule has 0 aromatic heterocycles. The third kappa shape index (κ3) is 9.38. The summed E-state index contributed by atoms with van der Waals surface area (Å²) >= 11 is 0. The van der Waals surface area contributed by atoms with Crippen LogP contribution in [0, 0.1) is 35.5 Å². The molecule has 0 atom stereocenters. The Labute approximate surface area is 202 Å². The van der Waals surface area contributed by atoms with Crippen LogP contribution in [-0.4, -0.2) is 0 Å². The van der Waals surface area contributed by atoms with Gasteiger partial charge < -0.3 is 0 Å². The van der Waals surface area contributed by atoms with E-state index in [1.54, 1.807) is 38.5 Å². The van der Waals surface area contributed by atoms with Crippen LogP contribution >= 0.6 is 0 Å². The van der Waals surface area contributed by atoms with E-state index in [-0.39, 0.29) is 0 Å². The van der Waals surface area contributed by atoms with E-state index < -0.39 is 0 Å². The minimum absolute atomic E-state index is 0.890. The van der Waals surface area contributed by atoms with Crippen molar-refractivity contribution in [1.29, 1.82) is 0 Å². The SMILES string of the molecule is C/C=C/CCC1CCC(/C=C/CCC2CCC(C3CCC(CCCCC)CC3)CC2)CC1. The van der Waals surface area contributed by atoms with Gasteiger partial charge in [0.1, 0.15) is 0 Å². The smallest absolute Gasteiger partial charge is 0.0233 e. The van der Waals surface area contributed by atoms with E-state index in [4.69, 9.17) is 0 Å². The first-order chi connectivity index (χ1) is 15.8. The molecular formula is C32H56. The first-order valence-corrected chi connectivity index (χ1v) is 15.1. The van der Waals surface area contributed by atoms with Gasteiger partial charge in [-0.05, 0) is 119 Å². The molecule has 0 radical (unpaired) electrons. The Hall–Kier alpha value is -0.520. The molecule has 3 aliphatic rings. The van der Waals surface area contributed by atoms with Crippen LogP contribution in [0.25, 0.3) is 0 Å². The normalized spacial score (nSPS) is 34.4. The Kier molecular flexibility index (Phi) is 12.6. The largest absolute Gasteiger partial charge is 0.0917 e. The molecule has 0 heterocycles. The zero-order valence-corrected chi connectivity index (χ0v) is 21.9. The fourth-order valence-corrected chi connectivity index (χ4v) is 7.37. The van der Waals surface area contributed by atoms with Gasteiger partial charge in [0.25, 0.3) is 0 Å². The molecule has 0 aliphatic heterocycles. The molecule has 3 fully saturated rings. The van der Waals surface area contributed by atoms with Gasteiger partial charge in [0.15, 0.2) is 0 Å². The highest BCUT2D eigenvalue weighted by Gasteiger charge is 2.30. The van der Waals surface area contributed by atoms with Crippen LogP contribution in [0.15, 0.2) is 24.3 Å². The maximum Gasteiger partial charge on any atom is -0.0233 e. The van der Waals surface area contributed by atoms with Gasteiger partial charge in [0.2, 0.25) is 0 Å². The van der Waals surface area contributed by atoms with Crippen LogP contribution in [0.2, 0.25) is 0 Å². The molecule has 0 nitrogen and oxygen atoms in total. The van der Waals surface area contributed by atoms with Crippen LogP contribution in [0.4, 0.5) is 0 Å². The molecule has 0 spiro atoms. The van der Waals surface area contributed by atoms with Crippen molar-refractivity contribution in [1.82, 2.24) is 0 Å². The standard InChI is InChI=1S/C32H56/c1-3-5-7-11-27-15-17-28(18-16-27)13-9-10-14-30-21-25-32(26-22-30)31-23-19-29(20-24-31)12-8-6-4-2/h3,5,9,13,27-32H,4,6-8,10-12,14-26H2,1-2H3/b5-3+,13-9+. The monoisotopic (exact) mass is 440 g/mol. The predicted octanol–water partition coefficient (Wildman–Crippen LogP) is 10.7. The Morgan fingerprint density at radius 3 is 1.59 bits per heavy atom. The van der Waals surface area contributed by atoms with E-state index in [0.717, 1.165) is 35.5 Å². The molecule has 0 heteroatoms. The van der Waals surface area contributed by atoms with Gasteiger partial charge in [-0.25, -0.2) is 0 Å². The molecule has 0 aromatic carbocycles. The van der Waals surface area contributed by atoms with E-state index >= 15 is 0 Å². The molecule has 184 valence electrons. The lowest BCUT2D eigenvalue weighted by molar-refractivity contribution is 0.140. The first kappa shape index (κ1) is 26.1. The Balaban J connectivity index is 1.22. The number of unbranched alkanes of at least 4 members (excludes halogenated alkanes) is 2. The molecule has 3 aliphatic carbocycles. The summed E-state index contributed by atoms with van der Waals surface area (Å²) in [5.41, 5.74) is 0. The minimum Gasteiger partial charge on any atom is -0.0917 e. The maximum atomic E-state index is 2.60. The molecule has 0 bridgehead atoms. The molecule has 0 amide bonds. The predicted molar refractivity (Wildman–Crippen MR) is 143 cm³/mol. The van der Waals surface area contributed by atoms with Crippen molar-refractivity contribution in [3.8, 4) is 0 Å². The summed E-state index contributed by atoms with van der Waals surface area (Å²) in [6.45, 7) is 4.48. The topological polar surface area (TPSA) is 0 Å². The van der Waals surface area contributed by atoms with Crippen molar-refractivity contribution in [3.05, 3.63) is 24.3 Å². The fraction of sp³-hybridized carbons (Fsp3) is 0.875. The van der Waals surface area contributed by atoms with E-state index in [2.05, 4.69) is 38.2 Å². The second-order valence-corrected chi connectivity index (χ2v) is 12.0. The molecular weight excluding hydrogens is 384 g/mol. The second kappa shape index (κ2) is 15.4.